The summed E-state index contributed by atoms with van der Waals surface area (Å²) >= 11 is 5.86. The van der Waals surface area contributed by atoms with Gasteiger partial charge in [0.2, 0.25) is 0 Å². The maximum Gasteiger partial charge on any atom is 0.183 e. The van der Waals surface area contributed by atoms with Crippen LogP contribution in [0.2, 0.25) is 0 Å². The van der Waals surface area contributed by atoms with Gasteiger partial charge in [-0.15, -0.1) is 0 Å². The molecule has 0 atom stereocenters. The first kappa shape index (κ1) is 18.4. The van der Waals surface area contributed by atoms with Crippen LogP contribution in [0.3, 0.4) is 0 Å². The first-order valence-electron chi connectivity index (χ1n) is 9.15. The second-order valence-electron chi connectivity index (χ2n) is 6.84. The van der Waals surface area contributed by atoms with E-state index in [9.17, 15) is 0 Å². The Morgan fingerprint density at radius 3 is 2.29 bits per heavy atom. The predicted molar refractivity (Wildman–Crippen MR) is 118 cm³/mol. The minimum atomic E-state index is 0.677. The molecule has 2 aromatic carbocycles. The summed E-state index contributed by atoms with van der Waals surface area (Å²) in [7, 11) is 2.08. The fourth-order valence-electron chi connectivity index (χ4n) is 3.32. The third-order valence-electron chi connectivity index (χ3n) is 4.65. The van der Waals surface area contributed by atoms with Crippen LogP contribution in [-0.2, 0) is 0 Å². The van der Waals surface area contributed by atoms with Crippen molar-refractivity contribution in [3.8, 4) is 0 Å². The Hall–Kier alpha value is -2.96. The first-order chi connectivity index (χ1) is 13.6. The van der Waals surface area contributed by atoms with Crippen molar-refractivity contribution in [1.82, 2.24) is 10.1 Å². The van der Waals surface area contributed by atoms with Gasteiger partial charge in [0.1, 0.15) is 11.4 Å². The average molecular weight is 391 g/mol. The number of rotatable bonds is 4. The van der Waals surface area contributed by atoms with E-state index in [2.05, 4.69) is 51.2 Å². The number of anilines is 2. The van der Waals surface area contributed by atoms with Gasteiger partial charge >= 0.3 is 0 Å². The van der Waals surface area contributed by atoms with Crippen LogP contribution in [0.1, 0.15) is 17.0 Å². The molecule has 2 heterocycles. The number of para-hydroxylation sites is 1. The number of thiocarbonyl (C=S) groups is 1. The van der Waals surface area contributed by atoms with Gasteiger partial charge in [-0.3, -0.25) is 9.80 Å². The summed E-state index contributed by atoms with van der Waals surface area (Å²) in [4.78, 5) is 6.41. The highest BCUT2D eigenvalue weighted by atomic mass is 32.1. The second-order valence-corrected chi connectivity index (χ2v) is 7.20. The molecule has 1 aliphatic heterocycles. The quantitative estimate of drug-likeness (QED) is 0.606. The van der Waals surface area contributed by atoms with Crippen LogP contribution >= 0.6 is 12.2 Å². The number of nitrogens with zero attached hydrogens (tertiary/aromatic N) is 4. The number of benzene rings is 2. The van der Waals surface area contributed by atoms with E-state index in [1.165, 1.54) is 0 Å². The molecule has 142 valence electrons. The van der Waals surface area contributed by atoms with Gasteiger partial charge < -0.3 is 9.42 Å². The molecule has 4 rings (SSSR count). The van der Waals surface area contributed by atoms with Gasteiger partial charge in [0.25, 0.3) is 0 Å². The number of aryl methyl sites for hydroxylation is 1. The van der Waals surface area contributed by atoms with Gasteiger partial charge in [-0.25, -0.2) is 0 Å². The van der Waals surface area contributed by atoms with E-state index in [4.69, 9.17) is 16.7 Å². The summed E-state index contributed by atoms with van der Waals surface area (Å²) < 4.78 is 5.62. The lowest BCUT2D eigenvalue weighted by Gasteiger charge is -2.42. The Balaban J connectivity index is 1.67. The fourth-order valence-corrected chi connectivity index (χ4v) is 3.63. The van der Waals surface area contributed by atoms with Crippen molar-refractivity contribution in [2.45, 2.75) is 6.92 Å². The molecule has 0 spiro atoms. The van der Waals surface area contributed by atoms with E-state index in [1.54, 1.807) is 0 Å². The number of aromatic nitrogens is 1. The van der Waals surface area contributed by atoms with Crippen LogP contribution in [0.5, 0.6) is 0 Å². The van der Waals surface area contributed by atoms with E-state index >= 15 is 0 Å². The molecule has 0 N–H and O–H groups in total. The summed E-state index contributed by atoms with van der Waals surface area (Å²) in [5.74, 6) is 0.701. The lowest BCUT2D eigenvalue weighted by molar-refractivity contribution is 0.338. The van der Waals surface area contributed by atoms with Crippen LogP contribution in [0.15, 0.2) is 65.2 Å². The third-order valence-corrected chi connectivity index (χ3v) is 5.09. The van der Waals surface area contributed by atoms with Crippen LogP contribution in [-0.4, -0.2) is 35.6 Å². The summed E-state index contributed by atoms with van der Waals surface area (Å²) in [6, 6.07) is 20.3. The Labute approximate surface area is 170 Å². The Kier molecular flexibility index (Phi) is 5.23. The largest absolute Gasteiger partial charge is 0.354 e. The smallest absolute Gasteiger partial charge is 0.183 e. The van der Waals surface area contributed by atoms with Crippen molar-refractivity contribution >= 4 is 40.9 Å². The van der Waals surface area contributed by atoms with Gasteiger partial charge in [-0.1, -0.05) is 59.8 Å². The molecular formula is C22H22N4OS. The van der Waals surface area contributed by atoms with Crippen LogP contribution in [0.25, 0.3) is 12.2 Å². The highest BCUT2D eigenvalue weighted by molar-refractivity contribution is 7.80. The van der Waals surface area contributed by atoms with Crippen molar-refractivity contribution < 1.29 is 4.52 Å². The fraction of sp³-hybridized carbons (Fsp3) is 0.182. The SMILES string of the molecule is Cc1noc(/C=C/c2ccccc2)c1N1CN(C)CN(c2ccccc2)C1=S. The van der Waals surface area contributed by atoms with Gasteiger partial charge in [0, 0.05) is 5.69 Å². The molecule has 3 aromatic rings. The highest BCUT2D eigenvalue weighted by Crippen LogP contribution is 2.31. The van der Waals surface area contributed by atoms with E-state index in [1.807, 2.05) is 55.5 Å². The van der Waals surface area contributed by atoms with Crippen LogP contribution in [0, 0.1) is 6.92 Å². The molecule has 0 amide bonds. The third kappa shape index (κ3) is 3.69. The molecule has 0 unspecified atom stereocenters. The summed E-state index contributed by atoms with van der Waals surface area (Å²) in [5, 5.41) is 4.94. The highest BCUT2D eigenvalue weighted by Gasteiger charge is 2.31. The van der Waals surface area contributed by atoms with Crippen molar-refractivity contribution in [2.24, 2.45) is 0 Å². The lowest BCUT2D eigenvalue weighted by Crippen LogP contribution is -2.57. The molecule has 1 fully saturated rings. The van der Waals surface area contributed by atoms with E-state index < -0.39 is 0 Å². The Bertz CT molecular complexity index is 984. The molecule has 1 saturated heterocycles. The van der Waals surface area contributed by atoms with Crippen LogP contribution < -0.4 is 9.80 Å². The van der Waals surface area contributed by atoms with Gasteiger partial charge in [0.15, 0.2) is 10.9 Å². The maximum atomic E-state index is 5.86. The van der Waals surface area contributed by atoms with Crippen LogP contribution in [0.4, 0.5) is 11.4 Å². The minimum Gasteiger partial charge on any atom is -0.354 e. The predicted octanol–water partition coefficient (Wildman–Crippen LogP) is 4.61. The Morgan fingerprint density at radius 2 is 1.57 bits per heavy atom. The lowest BCUT2D eigenvalue weighted by atomic mass is 10.2. The molecule has 0 bridgehead atoms. The maximum absolute atomic E-state index is 5.86. The normalized spacial score (nSPS) is 15.6. The zero-order valence-electron chi connectivity index (χ0n) is 15.9. The molecule has 0 saturated carbocycles. The molecule has 5 nitrogen and oxygen atoms in total. The van der Waals surface area contributed by atoms with E-state index in [0.29, 0.717) is 12.4 Å². The molecule has 28 heavy (non-hydrogen) atoms. The Morgan fingerprint density at radius 1 is 0.929 bits per heavy atom. The molecule has 6 heteroatoms. The van der Waals surface area contributed by atoms with Crippen molar-refractivity contribution in [3.63, 3.8) is 0 Å². The van der Waals surface area contributed by atoms with Gasteiger partial charge in [-0.2, -0.15) is 0 Å². The van der Waals surface area contributed by atoms with Crippen molar-refractivity contribution in [2.75, 3.05) is 30.2 Å². The molecule has 0 radical (unpaired) electrons. The number of hydrogen-bond donors (Lipinski definition) is 0. The van der Waals surface area contributed by atoms with Gasteiger partial charge in [-0.05, 0) is 50.0 Å². The summed E-state index contributed by atoms with van der Waals surface area (Å²) in [6.07, 6.45) is 3.98. The molecular weight excluding hydrogens is 368 g/mol. The van der Waals surface area contributed by atoms with Gasteiger partial charge in [0.05, 0.1) is 13.3 Å². The van der Waals surface area contributed by atoms with E-state index in [0.717, 1.165) is 34.4 Å². The second kappa shape index (κ2) is 7.96. The topological polar surface area (TPSA) is 35.8 Å². The van der Waals surface area contributed by atoms with Crippen molar-refractivity contribution in [3.05, 3.63) is 77.7 Å². The zero-order valence-corrected chi connectivity index (χ0v) is 16.8. The molecule has 0 aliphatic carbocycles. The molecule has 1 aromatic heterocycles. The first-order valence-corrected chi connectivity index (χ1v) is 9.56. The standard InChI is InChI=1S/C22H22N4OS/c1-17-21(20(27-23-17)14-13-18-9-5-3-6-10-18)26-16-24(2)15-25(22(26)28)19-11-7-4-8-12-19/h3-14H,15-16H2,1-2H3/b14-13+. The minimum absolute atomic E-state index is 0.677. The molecule has 1 aliphatic rings. The van der Waals surface area contributed by atoms with E-state index in [-0.39, 0.29) is 0 Å². The summed E-state index contributed by atoms with van der Waals surface area (Å²) in [5.41, 5.74) is 3.90. The monoisotopic (exact) mass is 390 g/mol. The number of hydrogen-bond acceptors (Lipinski definition) is 4. The summed E-state index contributed by atoms with van der Waals surface area (Å²) in [6.45, 7) is 3.36. The average Bonchev–Trinajstić information content (AvgIpc) is 3.09. The van der Waals surface area contributed by atoms with Crippen molar-refractivity contribution in [1.29, 1.82) is 0 Å². The zero-order chi connectivity index (χ0) is 19.5.